The van der Waals surface area contributed by atoms with Crippen molar-refractivity contribution in [3.05, 3.63) is 82.4 Å². The number of hydrogen-bond acceptors (Lipinski definition) is 6. The number of phenolic OH excluding ortho intramolecular Hbond substituents is 1. The minimum Gasteiger partial charge on any atom is -0.503 e. The van der Waals surface area contributed by atoms with E-state index in [0.717, 1.165) is 37.2 Å². The Hall–Kier alpha value is -3.68. The van der Waals surface area contributed by atoms with Gasteiger partial charge in [-0.15, -0.1) is 0 Å². The molecular weight excluding hydrogens is 480 g/mol. The number of piperidine rings is 1. The van der Waals surface area contributed by atoms with Crippen molar-refractivity contribution in [2.75, 3.05) is 20.2 Å². The van der Waals surface area contributed by atoms with Crippen molar-refractivity contribution in [2.45, 2.75) is 25.6 Å². The van der Waals surface area contributed by atoms with Crippen LogP contribution in [0.1, 0.15) is 29.5 Å². The summed E-state index contributed by atoms with van der Waals surface area (Å²) in [6, 6.07) is 18.1. The molecule has 3 aromatic carbocycles. The van der Waals surface area contributed by atoms with Gasteiger partial charge in [0, 0.05) is 11.6 Å². The molecule has 3 aromatic rings. The van der Waals surface area contributed by atoms with Gasteiger partial charge in [0.15, 0.2) is 11.5 Å². The zero-order chi connectivity index (χ0) is 25.5. The van der Waals surface area contributed by atoms with Crippen LogP contribution in [0.2, 0.25) is 5.02 Å². The standard InChI is InChI=1S/C28H29ClN2O5/c1-34-25-10-9-18(26(29)27(25)32)15-24(28(30)33)23-8-3-2-5-19(23)17-35-21-6-4-7-22(16-21)36-20-11-13-31-14-12-20/h2-10,15-16,20,31-32H,11-14,17H2,1H3,(H2,30,33)/b24-15+. The molecule has 1 aliphatic heterocycles. The van der Waals surface area contributed by atoms with E-state index in [1.807, 2.05) is 42.5 Å². The zero-order valence-electron chi connectivity index (χ0n) is 20.0. The van der Waals surface area contributed by atoms with Gasteiger partial charge in [0.1, 0.15) is 24.2 Å². The van der Waals surface area contributed by atoms with Gasteiger partial charge in [-0.3, -0.25) is 4.79 Å². The molecule has 1 heterocycles. The molecule has 0 atom stereocenters. The van der Waals surface area contributed by atoms with E-state index in [4.69, 9.17) is 31.5 Å². The molecule has 0 bridgehead atoms. The summed E-state index contributed by atoms with van der Waals surface area (Å²) in [5.74, 6) is 0.812. The van der Waals surface area contributed by atoms with Crippen LogP contribution in [0.5, 0.6) is 23.0 Å². The number of carbonyl (C=O) groups is 1. The summed E-state index contributed by atoms with van der Waals surface area (Å²) < 4.78 is 17.3. The fourth-order valence-corrected chi connectivity index (χ4v) is 4.30. The first kappa shape index (κ1) is 25.4. The highest BCUT2D eigenvalue weighted by molar-refractivity contribution is 6.34. The van der Waals surface area contributed by atoms with Crippen LogP contribution in [0.4, 0.5) is 0 Å². The van der Waals surface area contributed by atoms with E-state index in [2.05, 4.69) is 5.32 Å². The van der Waals surface area contributed by atoms with Gasteiger partial charge in [0.05, 0.1) is 12.1 Å². The lowest BCUT2D eigenvalue weighted by atomic mass is 9.97. The van der Waals surface area contributed by atoms with Gasteiger partial charge >= 0.3 is 0 Å². The van der Waals surface area contributed by atoms with Crippen molar-refractivity contribution in [1.29, 1.82) is 0 Å². The number of nitrogens with two attached hydrogens (primary N) is 1. The van der Waals surface area contributed by atoms with Crippen LogP contribution in [0.15, 0.2) is 60.7 Å². The third-order valence-electron chi connectivity index (χ3n) is 5.99. The molecule has 188 valence electrons. The summed E-state index contributed by atoms with van der Waals surface area (Å²) in [7, 11) is 1.43. The molecule has 36 heavy (non-hydrogen) atoms. The third kappa shape index (κ3) is 6.11. The molecule has 1 aliphatic rings. The Morgan fingerprint density at radius 1 is 1.11 bits per heavy atom. The Bertz CT molecular complexity index is 1250. The molecular formula is C28H29ClN2O5. The summed E-state index contributed by atoms with van der Waals surface area (Å²) in [5.41, 5.74) is 7.79. The second kappa shape index (κ2) is 11.8. The van der Waals surface area contributed by atoms with Crippen LogP contribution >= 0.6 is 11.6 Å². The molecule has 0 spiro atoms. The maximum atomic E-state index is 12.4. The summed E-state index contributed by atoms with van der Waals surface area (Å²) in [5, 5.41) is 13.6. The van der Waals surface area contributed by atoms with E-state index >= 15 is 0 Å². The second-order valence-electron chi connectivity index (χ2n) is 8.43. The average molecular weight is 509 g/mol. The average Bonchev–Trinajstić information content (AvgIpc) is 2.89. The van der Waals surface area contributed by atoms with Gasteiger partial charge in [-0.2, -0.15) is 0 Å². The Morgan fingerprint density at radius 2 is 1.86 bits per heavy atom. The van der Waals surface area contributed by atoms with Crippen LogP contribution in [0.3, 0.4) is 0 Å². The highest BCUT2D eigenvalue weighted by Crippen LogP contribution is 2.38. The number of hydrogen-bond donors (Lipinski definition) is 3. The molecule has 1 amide bonds. The monoisotopic (exact) mass is 508 g/mol. The molecule has 1 fully saturated rings. The van der Waals surface area contributed by atoms with Crippen molar-refractivity contribution < 1.29 is 24.1 Å². The van der Waals surface area contributed by atoms with Crippen LogP contribution in [-0.4, -0.2) is 37.3 Å². The van der Waals surface area contributed by atoms with Crippen LogP contribution < -0.4 is 25.3 Å². The lowest BCUT2D eigenvalue weighted by Crippen LogP contribution is -2.34. The summed E-state index contributed by atoms with van der Waals surface area (Å²) >= 11 is 6.31. The smallest absolute Gasteiger partial charge is 0.249 e. The van der Waals surface area contributed by atoms with E-state index in [0.29, 0.717) is 16.9 Å². The molecule has 0 aromatic heterocycles. The Morgan fingerprint density at radius 3 is 2.61 bits per heavy atom. The molecule has 0 saturated carbocycles. The van der Waals surface area contributed by atoms with E-state index < -0.39 is 5.91 Å². The largest absolute Gasteiger partial charge is 0.503 e. The molecule has 1 saturated heterocycles. The van der Waals surface area contributed by atoms with Gasteiger partial charge in [-0.1, -0.05) is 41.9 Å². The minimum atomic E-state index is -0.633. The van der Waals surface area contributed by atoms with Crippen molar-refractivity contribution in [2.24, 2.45) is 5.73 Å². The van der Waals surface area contributed by atoms with Crippen LogP contribution in [-0.2, 0) is 11.4 Å². The highest BCUT2D eigenvalue weighted by atomic mass is 35.5. The topological polar surface area (TPSA) is 103 Å². The highest BCUT2D eigenvalue weighted by Gasteiger charge is 2.17. The van der Waals surface area contributed by atoms with Crippen molar-refractivity contribution in [3.8, 4) is 23.0 Å². The Labute approximate surface area is 215 Å². The summed E-state index contributed by atoms with van der Waals surface area (Å²) in [6.07, 6.45) is 3.68. The molecule has 0 radical (unpaired) electrons. The molecule has 4 N–H and O–H groups in total. The number of halogens is 1. The number of phenols is 1. The fraction of sp³-hybridized carbons (Fsp3) is 0.250. The number of aromatic hydroxyl groups is 1. The van der Waals surface area contributed by atoms with Crippen LogP contribution in [0.25, 0.3) is 11.6 Å². The SMILES string of the molecule is COc1ccc(/C=C(/C(N)=O)c2ccccc2COc2cccc(OC3CCNCC3)c2)c(Cl)c1O. The Kier molecular flexibility index (Phi) is 8.36. The predicted molar refractivity (Wildman–Crippen MR) is 140 cm³/mol. The fourth-order valence-electron chi connectivity index (χ4n) is 4.09. The van der Waals surface area contributed by atoms with Crippen molar-refractivity contribution in [3.63, 3.8) is 0 Å². The van der Waals surface area contributed by atoms with Crippen LogP contribution in [0, 0.1) is 0 Å². The lowest BCUT2D eigenvalue weighted by Gasteiger charge is -2.24. The first-order valence-corrected chi connectivity index (χ1v) is 12.1. The lowest BCUT2D eigenvalue weighted by molar-refractivity contribution is -0.112. The van der Waals surface area contributed by atoms with E-state index in [1.165, 1.54) is 7.11 Å². The van der Waals surface area contributed by atoms with Gasteiger partial charge < -0.3 is 30.4 Å². The van der Waals surface area contributed by atoms with E-state index in [-0.39, 0.29) is 34.8 Å². The van der Waals surface area contributed by atoms with Crippen molar-refractivity contribution >= 4 is 29.2 Å². The maximum absolute atomic E-state index is 12.4. The van der Waals surface area contributed by atoms with Gasteiger partial charge in [0.2, 0.25) is 5.91 Å². The quantitative estimate of drug-likeness (QED) is 0.284. The number of methoxy groups -OCH3 is 1. The summed E-state index contributed by atoms with van der Waals surface area (Å²) in [6.45, 7) is 2.11. The first-order chi connectivity index (χ1) is 17.5. The number of nitrogens with one attached hydrogen (secondary N) is 1. The molecule has 4 rings (SSSR count). The van der Waals surface area contributed by atoms with E-state index in [1.54, 1.807) is 24.3 Å². The molecule has 0 unspecified atom stereocenters. The molecule has 0 aliphatic carbocycles. The number of carbonyl (C=O) groups excluding carboxylic acids is 1. The number of amides is 1. The maximum Gasteiger partial charge on any atom is 0.249 e. The number of benzene rings is 3. The normalized spacial score (nSPS) is 14.3. The van der Waals surface area contributed by atoms with Gasteiger partial charge in [0.25, 0.3) is 0 Å². The summed E-state index contributed by atoms with van der Waals surface area (Å²) in [4.78, 5) is 12.4. The van der Waals surface area contributed by atoms with Gasteiger partial charge in [-0.05, 0) is 73.0 Å². The zero-order valence-corrected chi connectivity index (χ0v) is 20.8. The number of rotatable bonds is 9. The predicted octanol–water partition coefficient (Wildman–Crippen LogP) is 4.79. The molecule has 8 heteroatoms. The number of primary amides is 1. The van der Waals surface area contributed by atoms with Gasteiger partial charge in [-0.25, -0.2) is 0 Å². The first-order valence-electron chi connectivity index (χ1n) is 11.7. The Balaban J connectivity index is 1.56. The van der Waals surface area contributed by atoms with E-state index in [9.17, 15) is 9.90 Å². The second-order valence-corrected chi connectivity index (χ2v) is 8.81. The minimum absolute atomic E-state index is 0.0624. The van der Waals surface area contributed by atoms with Crippen molar-refractivity contribution in [1.82, 2.24) is 5.32 Å². The third-order valence-corrected chi connectivity index (χ3v) is 6.39. The molecule has 7 nitrogen and oxygen atoms in total. The number of ether oxygens (including phenoxy) is 3.